The lowest BCUT2D eigenvalue weighted by atomic mass is 9.90. The minimum absolute atomic E-state index is 0.0209. The van der Waals surface area contributed by atoms with Crippen LogP contribution in [0.15, 0.2) is 34.9 Å². The summed E-state index contributed by atoms with van der Waals surface area (Å²) in [5.74, 6) is 1.28. The summed E-state index contributed by atoms with van der Waals surface area (Å²) in [5.41, 5.74) is 1.43. The molecule has 1 aliphatic heterocycles. The number of fused-ring (bicyclic) bond motifs is 2. The minimum atomic E-state index is -0.176. The number of hydrogen-bond donors (Lipinski definition) is 0. The van der Waals surface area contributed by atoms with E-state index in [1.54, 1.807) is 0 Å². The van der Waals surface area contributed by atoms with Crippen LogP contribution in [0.4, 0.5) is 0 Å². The molecule has 1 aromatic heterocycles. The molecule has 37 heavy (non-hydrogen) atoms. The molecule has 4 rings (SSSR count). The minimum Gasteiger partial charge on any atom is -0.487 e. The van der Waals surface area contributed by atoms with Crippen LogP contribution < -0.4 is 4.74 Å². The fraction of sp³-hybridized carbons (Fsp3) is 0.633. The van der Waals surface area contributed by atoms with Gasteiger partial charge in [0.1, 0.15) is 11.9 Å². The Balaban J connectivity index is 1.64. The van der Waals surface area contributed by atoms with Gasteiger partial charge in [-0.25, -0.2) is 0 Å². The molecule has 2 atom stereocenters. The molecule has 0 bridgehead atoms. The van der Waals surface area contributed by atoms with Gasteiger partial charge in [0.25, 0.3) is 11.8 Å². The summed E-state index contributed by atoms with van der Waals surface area (Å²) in [6.07, 6.45) is 9.56. The number of para-hydroxylation sites is 1. The van der Waals surface area contributed by atoms with Gasteiger partial charge in [0, 0.05) is 25.7 Å². The van der Waals surface area contributed by atoms with E-state index in [4.69, 9.17) is 9.26 Å². The van der Waals surface area contributed by atoms with Crippen molar-refractivity contribution in [1.82, 2.24) is 15.0 Å². The Labute approximate surface area is 221 Å². The molecule has 1 aromatic carbocycles. The van der Waals surface area contributed by atoms with Crippen LogP contribution in [0.3, 0.4) is 0 Å². The molecule has 7 nitrogen and oxygen atoms in total. The number of nitrogens with zero attached hydrogens (tertiary/aromatic N) is 3. The van der Waals surface area contributed by atoms with Crippen LogP contribution in [-0.4, -0.2) is 58.6 Å². The van der Waals surface area contributed by atoms with E-state index in [2.05, 4.69) is 19.0 Å². The lowest BCUT2D eigenvalue weighted by Crippen LogP contribution is -2.51. The summed E-state index contributed by atoms with van der Waals surface area (Å²) in [7, 11) is 0. The second kappa shape index (κ2) is 13.1. The Hall–Kier alpha value is -2.83. The second-order valence-corrected chi connectivity index (χ2v) is 10.9. The maximum Gasteiger partial charge on any atom is 0.292 e. The van der Waals surface area contributed by atoms with Gasteiger partial charge in [-0.05, 0) is 63.5 Å². The second-order valence-electron chi connectivity index (χ2n) is 10.9. The molecule has 0 spiro atoms. The zero-order valence-electron chi connectivity index (χ0n) is 22.8. The smallest absolute Gasteiger partial charge is 0.292 e. The summed E-state index contributed by atoms with van der Waals surface area (Å²) in [4.78, 5) is 31.2. The highest BCUT2D eigenvalue weighted by Crippen LogP contribution is 2.31. The summed E-state index contributed by atoms with van der Waals surface area (Å²) in [6, 6.07) is 9.31. The van der Waals surface area contributed by atoms with Crippen molar-refractivity contribution < 1.29 is 18.8 Å². The number of benzene rings is 1. The molecular weight excluding hydrogens is 466 g/mol. The van der Waals surface area contributed by atoms with Crippen molar-refractivity contribution in [3.8, 4) is 5.75 Å². The van der Waals surface area contributed by atoms with Crippen LogP contribution in [0.1, 0.15) is 105 Å². The van der Waals surface area contributed by atoms with E-state index in [1.165, 1.54) is 0 Å². The van der Waals surface area contributed by atoms with Gasteiger partial charge < -0.3 is 19.1 Å². The molecule has 0 radical (unpaired) electrons. The first-order chi connectivity index (χ1) is 18.0. The van der Waals surface area contributed by atoms with Gasteiger partial charge in [-0.2, -0.15) is 0 Å². The number of ether oxygens (including phenoxy) is 1. The first-order valence-electron chi connectivity index (χ1n) is 14.3. The number of carbonyl (C=O) groups excluding carboxylic acids is 2. The number of hydrogen-bond acceptors (Lipinski definition) is 5. The summed E-state index contributed by atoms with van der Waals surface area (Å²) in [5, 5.41) is 4.17. The molecule has 1 saturated carbocycles. The van der Waals surface area contributed by atoms with Crippen molar-refractivity contribution in [2.75, 3.05) is 19.6 Å². The fourth-order valence-electron chi connectivity index (χ4n) is 5.66. The Bertz CT molecular complexity index is 1030. The van der Waals surface area contributed by atoms with E-state index >= 15 is 0 Å². The maximum atomic E-state index is 13.8. The summed E-state index contributed by atoms with van der Waals surface area (Å²) < 4.78 is 12.2. The van der Waals surface area contributed by atoms with Crippen molar-refractivity contribution in [3.05, 3.63) is 47.3 Å². The van der Waals surface area contributed by atoms with E-state index in [-0.39, 0.29) is 24.0 Å². The Kier molecular flexibility index (Phi) is 9.64. The van der Waals surface area contributed by atoms with Crippen molar-refractivity contribution in [2.45, 2.75) is 97.1 Å². The van der Waals surface area contributed by atoms with E-state index in [9.17, 15) is 9.59 Å². The van der Waals surface area contributed by atoms with Gasteiger partial charge in [0.15, 0.2) is 0 Å². The third kappa shape index (κ3) is 6.93. The molecular formula is C30H43N3O4. The topological polar surface area (TPSA) is 75.9 Å². The van der Waals surface area contributed by atoms with Gasteiger partial charge >= 0.3 is 0 Å². The third-order valence-corrected chi connectivity index (χ3v) is 7.61. The van der Waals surface area contributed by atoms with E-state index < -0.39 is 0 Å². The number of rotatable bonds is 4. The van der Waals surface area contributed by atoms with E-state index in [1.807, 2.05) is 47.1 Å². The van der Waals surface area contributed by atoms with Crippen molar-refractivity contribution in [2.24, 2.45) is 5.92 Å². The quantitative estimate of drug-likeness (QED) is 0.495. The normalized spacial score (nSPS) is 22.0. The van der Waals surface area contributed by atoms with E-state index in [0.29, 0.717) is 36.1 Å². The molecule has 7 heteroatoms. The third-order valence-electron chi connectivity index (χ3n) is 7.61. The Morgan fingerprint density at radius 3 is 2.54 bits per heavy atom. The van der Waals surface area contributed by atoms with Gasteiger partial charge in [-0.3, -0.25) is 9.59 Å². The van der Waals surface area contributed by atoms with Crippen molar-refractivity contribution >= 4 is 11.8 Å². The highest BCUT2D eigenvalue weighted by Gasteiger charge is 2.36. The predicted molar refractivity (Wildman–Crippen MR) is 144 cm³/mol. The van der Waals surface area contributed by atoms with Crippen LogP contribution in [0.25, 0.3) is 0 Å². The molecule has 0 N–H and O–H groups in total. The number of aromatic nitrogens is 1. The monoisotopic (exact) mass is 509 g/mol. The lowest BCUT2D eigenvalue weighted by molar-refractivity contribution is 0.0243. The van der Waals surface area contributed by atoms with E-state index in [0.717, 1.165) is 76.4 Å². The lowest BCUT2D eigenvalue weighted by Gasteiger charge is -2.39. The molecule has 1 aliphatic carbocycles. The number of amides is 2. The van der Waals surface area contributed by atoms with Gasteiger partial charge in [0.05, 0.1) is 17.3 Å². The molecule has 2 aliphatic rings. The highest BCUT2D eigenvalue weighted by molar-refractivity contribution is 5.97. The zero-order valence-corrected chi connectivity index (χ0v) is 22.8. The van der Waals surface area contributed by atoms with Crippen LogP contribution in [0.2, 0.25) is 0 Å². The Morgan fingerprint density at radius 1 is 1.03 bits per heavy atom. The number of carbonyl (C=O) groups is 2. The van der Waals surface area contributed by atoms with Crippen LogP contribution in [0.5, 0.6) is 5.75 Å². The molecule has 2 amide bonds. The Morgan fingerprint density at radius 2 is 1.76 bits per heavy atom. The SMILES string of the molecule is CCN1CCCCCCCN(C(=O)c2cc(CC(C)C)no2)[C@@H]2CCCC[C@@H]2Oc2ccccc2C1=O. The average molecular weight is 510 g/mol. The molecule has 2 heterocycles. The zero-order chi connectivity index (χ0) is 26.2. The largest absolute Gasteiger partial charge is 0.487 e. The van der Waals surface area contributed by atoms with Gasteiger partial charge in [0.2, 0.25) is 5.76 Å². The molecule has 0 unspecified atom stereocenters. The van der Waals surface area contributed by atoms with Gasteiger partial charge in [-0.1, -0.05) is 56.8 Å². The summed E-state index contributed by atoms with van der Waals surface area (Å²) in [6.45, 7) is 8.40. The first-order valence-corrected chi connectivity index (χ1v) is 14.3. The van der Waals surface area contributed by atoms with Crippen molar-refractivity contribution in [3.63, 3.8) is 0 Å². The average Bonchev–Trinajstić information content (AvgIpc) is 3.35. The molecule has 1 fully saturated rings. The van der Waals surface area contributed by atoms with Crippen molar-refractivity contribution in [1.29, 1.82) is 0 Å². The predicted octanol–water partition coefficient (Wildman–Crippen LogP) is 6.13. The van der Waals surface area contributed by atoms with Crippen LogP contribution >= 0.6 is 0 Å². The van der Waals surface area contributed by atoms with Crippen LogP contribution in [0, 0.1) is 5.92 Å². The fourth-order valence-corrected chi connectivity index (χ4v) is 5.66. The van der Waals surface area contributed by atoms with Crippen LogP contribution in [-0.2, 0) is 6.42 Å². The molecule has 0 saturated heterocycles. The summed E-state index contributed by atoms with van der Waals surface area (Å²) >= 11 is 0. The molecule has 202 valence electrons. The standard InChI is InChI=1S/C30H43N3O4/c1-4-32-18-12-6-5-7-13-19-33(30(35)28-21-23(31-37-28)20-22(2)3)25-15-9-11-17-27(25)36-26-16-10-8-14-24(26)29(32)34/h8,10,14,16,21-22,25,27H,4-7,9,11-13,15,17-20H2,1-3H3/t25-,27+/m1/s1. The highest BCUT2D eigenvalue weighted by atomic mass is 16.5. The first kappa shape index (κ1) is 27.2. The maximum absolute atomic E-state index is 13.8. The van der Waals surface area contributed by atoms with Gasteiger partial charge in [-0.15, -0.1) is 0 Å². The molecule has 2 aromatic rings.